The van der Waals surface area contributed by atoms with Gasteiger partial charge in [0, 0.05) is 18.8 Å². The third-order valence-corrected chi connectivity index (χ3v) is 4.47. The van der Waals surface area contributed by atoms with Crippen molar-refractivity contribution >= 4 is 35.2 Å². The largest absolute Gasteiger partial charge is 0.463 e. The Bertz CT molecular complexity index is 706. The van der Waals surface area contributed by atoms with E-state index in [0.29, 0.717) is 34.4 Å². The van der Waals surface area contributed by atoms with Crippen molar-refractivity contribution in [1.29, 1.82) is 0 Å². The number of carbonyl (C=O) groups is 2. The summed E-state index contributed by atoms with van der Waals surface area (Å²) in [4.78, 5) is 26.0. The van der Waals surface area contributed by atoms with Crippen LogP contribution in [-0.4, -0.2) is 43.1 Å². The number of rotatable bonds is 6. The molecule has 1 aromatic carbocycles. The van der Waals surface area contributed by atoms with Crippen molar-refractivity contribution in [2.75, 3.05) is 20.2 Å². The van der Waals surface area contributed by atoms with Crippen LogP contribution in [-0.2, 0) is 16.1 Å². The molecular weight excluding hydrogens is 365 g/mol. The van der Waals surface area contributed by atoms with E-state index in [-0.39, 0.29) is 12.6 Å². The molecule has 0 bridgehead atoms. The van der Waals surface area contributed by atoms with Gasteiger partial charge in [-0.1, -0.05) is 29.3 Å². The second-order valence-electron chi connectivity index (χ2n) is 5.85. The number of amides is 2. The summed E-state index contributed by atoms with van der Waals surface area (Å²) in [5.74, 6) is -0.430. The van der Waals surface area contributed by atoms with E-state index in [2.05, 4.69) is 10.6 Å². The van der Waals surface area contributed by atoms with Gasteiger partial charge >= 0.3 is 12.0 Å². The summed E-state index contributed by atoms with van der Waals surface area (Å²) in [7, 11) is 1.89. The zero-order valence-electron chi connectivity index (χ0n) is 14.4. The Morgan fingerprint density at radius 1 is 1.28 bits per heavy atom. The van der Waals surface area contributed by atoms with Gasteiger partial charge in [0.05, 0.1) is 28.3 Å². The van der Waals surface area contributed by atoms with E-state index in [9.17, 15) is 9.59 Å². The van der Waals surface area contributed by atoms with Crippen LogP contribution in [0.4, 0.5) is 4.79 Å². The topological polar surface area (TPSA) is 70.7 Å². The smallest absolute Gasteiger partial charge is 0.337 e. The summed E-state index contributed by atoms with van der Waals surface area (Å²) in [5.41, 5.74) is 1.95. The van der Waals surface area contributed by atoms with Crippen LogP contribution in [0.15, 0.2) is 29.5 Å². The normalized spacial score (nSPS) is 17.4. The van der Waals surface area contributed by atoms with Gasteiger partial charge in [-0.2, -0.15) is 0 Å². The minimum Gasteiger partial charge on any atom is -0.463 e. The molecule has 0 unspecified atom stereocenters. The number of halogens is 2. The molecule has 136 valence electrons. The molecule has 2 amide bonds. The third kappa shape index (κ3) is 5.11. The zero-order chi connectivity index (χ0) is 18.6. The first-order valence-electron chi connectivity index (χ1n) is 7.92. The van der Waals surface area contributed by atoms with Crippen LogP contribution in [0.25, 0.3) is 0 Å². The number of carbonyl (C=O) groups excluding carboxylic acids is 2. The molecule has 6 nitrogen and oxygen atoms in total. The molecule has 0 spiro atoms. The fraction of sp³-hybridized carbons (Fsp3) is 0.412. The average molecular weight is 386 g/mol. The number of urea groups is 1. The number of nitrogens with zero attached hydrogens (tertiary/aromatic N) is 1. The highest BCUT2D eigenvalue weighted by atomic mass is 35.5. The number of nitrogens with one attached hydrogen (secondary N) is 2. The molecule has 2 N–H and O–H groups in total. The molecule has 1 heterocycles. The van der Waals surface area contributed by atoms with Gasteiger partial charge in [0.2, 0.25) is 0 Å². The highest BCUT2D eigenvalue weighted by Crippen LogP contribution is 2.23. The van der Waals surface area contributed by atoms with Crippen LogP contribution in [0.3, 0.4) is 0 Å². The number of esters is 1. The summed E-state index contributed by atoms with van der Waals surface area (Å²) >= 11 is 12.0. The Balaban J connectivity index is 2.17. The standard InChI is InChI=1S/C17H21Cl2N3O3/c1-4-25-16(23)15-10(2)20-17(24)21-14(15)9-22(3)8-11-5-6-12(18)13(19)7-11/h5-7,10H,4,8-9H2,1-3H3,(H2,20,21,24)/t10-/m0/s1. The molecule has 1 atom stereocenters. The Hall–Kier alpha value is -1.76. The Morgan fingerprint density at radius 2 is 2.00 bits per heavy atom. The molecule has 1 aliphatic heterocycles. The lowest BCUT2D eigenvalue weighted by Crippen LogP contribution is -2.51. The second-order valence-corrected chi connectivity index (χ2v) is 6.67. The van der Waals surface area contributed by atoms with Crippen molar-refractivity contribution in [3.8, 4) is 0 Å². The van der Waals surface area contributed by atoms with Crippen molar-refractivity contribution in [3.63, 3.8) is 0 Å². The molecule has 0 saturated carbocycles. The van der Waals surface area contributed by atoms with E-state index in [1.807, 2.05) is 18.0 Å². The number of benzene rings is 1. The van der Waals surface area contributed by atoms with Crippen molar-refractivity contribution in [3.05, 3.63) is 45.1 Å². The Kier molecular flexibility index (Phi) is 6.70. The maximum Gasteiger partial charge on any atom is 0.337 e. The van der Waals surface area contributed by atoms with E-state index >= 15 is 0 Å². The summed E-state index contributed by atoms with van der Waals surface area (Å²) in [6, 6.07) is 4.67. The lowest BCUT2D eigenvalue weighted by atomic mass is 10.0. The van der Waals surface area contributed by atoms with Crippen LogP contribution >= 0.6 is 23.2 Å². The van der Waals surface area contributed by atoms with Gasteiger partial charge in [-0.05, 0) is 38.6 Å². The van der Waals surface area contributed by atoms with Gasteiger partial charge in [0.15, 0.2) is 0 Å². The fourth-order valence-electron chi connectivity index (χ4n) is 2.68. The van der Waals surface area contributed by atoms with E-state index in [1.165, 1.54) is 0 Å². The molecule has 0 aliphatic carbocycles. The van der Waals surface area contributed by atoms with Gasteiger partial charge in [-0.25, -0.2) is 9.59 Å². The number of hydrogen-bond acceptors (Lipinski definition) is 4. The van der Waals surface area contributed by atoms with E-state index in [1.54, 1.807) is 26.0 Å². The van der Waals surface area contributed by atoms with Gasteiger partial charge < -0.3 is 15.4 Å². The predicted octanol–water partition coefficient (Wildman–Crippen LogP) is 2.94. The molecule has 1 aromatic rings. The maximum atomic E-state index is 12.2. The highest BCUT2D eigenvalue weighted by Gasteiger charge is 2.30. The van der Waals surface area contributed by atoms with Gasteiger partial charge in [-0.3, -0.25) is 4.90 Å². The third-order valence-electron chi connectivity index (χ3n) is 3.73. The van der Waals surface area contributed by atoms with Gasteiger partial charge in [-0.15, -0.1) is 0 Å². The Morgan fingerprint density at radius 3 is 2.64 bits per heavy atom. The molecule has 25 heavy (non-hydrogen) atoms. The molecule has 0 radical (unpaired) electrons. The van der Waals surface area contributed by atoms with Gasteiger partial charge in [0.25, 0.3) is 0 Å². The molecule has 0 saturated heterocycles. The van der Waals surface area contributed by atoms with Crippen molar-refractivity contribution in [2.24, 2.45) is 0 Å². The van der Waals surface area contributed by atoms with E-state index in [4.69, 9.17) is 27.9 Å². The van der Waals surface area contributed by atoms with Crippen LogP contribution in [0.1, 0.15) is 19.4 Å². The average Bonchev–Trinajstić information content (AvgIpc) is 2.50. The van der Waals surface area contributed by atoms with Crippen LogP contribution in [0.5, 0.6) is 0 Å². The fourth-order valence-corrected chi connectivity index (χ4v) is 3.00. The minimum atomic E-state index is -0.430. The van der Waals surface area contributed by atoms with Crippen LogP contribution < -0.4 is 10.6 Å². The molecule has 0 fully saturated rings. The molecular formula is C17H21Cl2N3O3. The predicted molar refractivity (Wildman–Crippen MR) is 97.6 cm³/mol. The lowest BCUT2D eigenvalue weighted by molar-refractivity contribution is -0.139. The molecule has 8 heteroatoms. The summed E-state index contributed by atoms with van der Waals surface area (Å²) < 4.78 is 5.11. The monoisotopic (exact) mass is 385 g/mol. The van der Waals surface area contributed by atoms with Crippen molar-refractivity contribution < 1.29 is 14.3 Å². The van der Waals surface area contributed by atoms with Crippen molar-refractivity contribution in [1.82, 2.24) is 15.5 Å². The second kappa shape index (κ2) is 8.56. The van der Waals surface area contributed by atoms with E-state index in [0.717, 1.165) is 5.56 Å². The van der Waals surface area contributed by atoms with E-state index < -0.39 is 12.0 Å². The lowest BCUT2D eigenvalue weighted by Gasteiger charge is -2.29. The summed E-state index contributed by atoms with van der Waals surface area (Å²) in [5, 5.41) is 6.38. The maximum absolute atomic E-state index is 12.2. The molecule has 0 aromatic heterocycles. The molecule has 1 aliphatic rings. The highest BCUT2D eigenvalue weighted by molar-refractivity contribution is 6.42. The Labute approximate surface area is 157 Å². The van der Waals surface area contributed by atoms with Crippen molar-refractivity contribution in [2.45, 2.75) is 26.4 Å². The molecule has 2 rings (SSSR count). The van der Waals surface area contributed by atoms with Crippen LogP contribution in [0.2, 0.25) is 10.0 Å². The first kappa shape index (κ1) is 19.6. The summed E-state index contributed by atoms with van der Waals surface area (Å²) in [6.45, 7) is 4.73. The quantitative estimate of drug-likeness (QED) is 0.738. The number of likely N-dealkylation sites (N-methyl/N-ethyl adjacent to an activating group) is 1. The number of ether oxygens (including phenoxy) is 1. The zero-order valence-corrected chi connectivity index (χ0v) is 15.9. The first-order chi connectivity index (χ1) is 11.8. The first-order valence-corrected chi connectivity index (χ1v) is 8.67. The SMILES string of the molecule is CCOC(=O)C1=C(CN(C)Cc2ccc(Cl)c(Cl)c2)NC(=O)N[C@H]1C. The minimum absolute atomic E-state index is 0.273. The number of hydrogen-bond donors (Lipinski definition) is 2. The summed E-state index contributed by atoms with van der Waals surface area (Å²) in [6.07, 6.45) is 0. The van der Waals surface area contributed by atoms with Gasteiger partial charge in [0.1, 0.15) is 0 Å². The van der Waals surface area contributed by atoms with Crippen LogP contribution in [0, 0.1) is 0 Å².